The minimum Gasteiger partial charge on any atom is -0.392 e. The smallest absolute Gasteiger partial charge is 0.161 e. The van der Waals surface area contributed by atoms with Crippen LogP contribution in [0.4, 0.5) is 0 Å². The Morgan fingerprint density at radius 3 is 3.00 bits per heavy atom. The summed E-state index contributed by atoms with van der Waals surface area (Å²) in [5.41, 5.74) is 0. The summed E-state index contributed by atoms with van der Waals surface area (Å²) in [6, 6.07) is 0. The first-order valence-corrected chi connectivity index (χ1v) is 3.69. The minimum atomic E-state index is -0.377. The van der Waals surface area contributed by atoms with Crippen LogP contribution in [0.15, 0.2) is 12.2 Å². The van der Waals surface area contributed by atoms with Crippen LogP contribution in [-0.2, 0) is 4.79 Å². The highest BCUT2D eigenvalue weighted by Crippen LogP contribution is 2.36. The van der Waals surface area contributed by atoms with Crippen LogP contribution in [0.1, 0.15) is 12.8 Å². The van der Waals surface area contributed by atoms with Crippen molar-refractivity contribution in [2.45, 2.75) is 18.9 Å². The normalized spacial score (nSPS) is 44.5. The zero-order valence-electron chi connectivity index (χ0n) is 5.66. The Kier molecular flexibility index (Phi) is 1.17. The molecule has 1 saturated carbocycles. The van der Waals surface area contributed by atoms with Crippen LogP contribution in [-0.4, -0.2) is 17.0 Å². The van der Waals surface area contributed by atoms with Crippen molar-refractivity contribution in [3.8, 4) is 0 Å². The zero-order chi connectivity index (χ0) is 7.14. The van der Waals surface area contributed by atoms with Crippen molar-refractivity contribution in [2.75, 3.05) is 0 Å². The van der Waals surface area contributed by atoms with Gasteiger partial charge in [0.2, 0.25) is 0 Å². The molecule has 2 rings (SSSR count). The SMILES string of the molecule is O=C1C=CC2CCC1C2O. The van der Waals surface area contributed by atoms with E-state index in [9.17, 15) is 9.90 Å². The van der Waals surface area contributed by atoms with E-state index in [4.69, 9.17) is 0 Å². The van der Waals surface area contributed by atoms with Crippen LogP contribution >= 0.6 is 0 Å². The largest absolute Gasteiger partial charge is 0.392 e. The van der Waals surface area contributed by atoms with Gasteiger partial charge in [-0.2, -0.15) is 0 Å². The van der Waals surface area contributed by atoms with Crippen molar-refractivity contribution < 1.29 is 9.90 Å². The molecule has 0 aromatic heterocycles. The number of carbonyl (C=O) groups is 1. The van der Waals surface area contributed by atoms with E-state index >= 15 is 0 Å². The molecule has 2 heteroatoms. The molecule has 3 atom stereocenters. The summed E-state index contributed by atoms with van der Waals surface area (Å²) in [7, 11) is 0. The Bertz CT molecular complexity index is 195. The Morgan fingerprint density at radius 2 is 2.30 bits per heavy atom. The molecule has 0 aromatic carbocycles. The number of aliphatic hydroxyl groups excluding tert-OH is 1. The lowest BCUT2D eigenvalue weighted by atomic mass is 9.91. The van der Waals surface area contributed by atoms with Gasteiger partial charge in [0.1, 0.15) is 0 Å². The first kappa shape index (κ1) is 6.10. The van der Waals surface area contributed by atoms with Gasteiger partial charge in [-0.1, -0.05) is 6.08 Å². The molecule has 10 heavy (non-hydrogen) atoms. The fraction of sp³-hybridized carbons (Fsp3) is 0.625. The second-order valence-corrected chi connectivity index (χ2v) is 3.10. The van der Waals surface area contributed by atoms with Crippen molar-refractivity contribution in [2.24, 2.45) is 11.8 Å². The van der Waals surface area contributed by atoms with Gasteiger partial charge in [0.25, 0.3) is 0 Å². The molecule has 2 aliphatic carbocycles. The lowest BCUT2D eigenvalue weighted by Gasteiger charge is -2.18. The van der Waals surface area contributed by atoms with Gasteiger partial charge in [-0.15, -0.1) is 0 Å². The fourth-order valence-corrected chi connectivity index (χ4v) is 1.87. The molecule has 0 heterocycles. The molecule has 2 bridgehead atoms. The summed E-state index contributed by atoms with van der Waals surface area (Å²) < 4.78 is 0. The molecule has 2 aliphatic rings. The highest BCUT2D eigenvalue weighted by molar-refractivity contribution is 5.93. The summed E-state index contributed by atoms with van der Waals surface area (Å²) in [6.45, 7) is 0. The Labute approximate surface area is 59.5 Å². The third kappa shape index (κ3) is 0.655. The summed E-state index contributed by atoms with van der Waals surface area (Å²) in [6.07, 6.45) is 4.94. The van der Waals surface area contributed by atoms with Crippen molar-refractivity contribution >= 4 is 5.78 Å². The van der Waals surface area contributed by atoms with Crippen LogP contribution in [0.5, 0.6) is 0 Å². The molecule has 1 fully saturated rings. The molecule has 0 amide bonds. The summed E-state index contributed by atoms with van der Waals surface area (Å²) in [5.74, 6) is 0.305. The highest BCUT2D eigenvalue weighted by atomic mass is 16.3. The molecule has 0 saturated heterocycles. The average Bonchev–Trinajstić information content (AvgIpc) is 2.13. The lowest BCUT2D eigenvalue weighted by Crippen LogP contribution is -2.28. The topological polar surface area (TPSA) is 37.3 Å². The molecule has 0 radical (unpaired) electrons. The lowest BCUT2D eigenvalue weighted by molar-refractivity contribution is -0.121. The first-order chi connectivity index (χ1) is 4.79. The maximum atomic E-state index is 11.0. The van der Waals surface area contributed by atoms with E-state index in [2.05, 4.69) is 0 Å². The van der Waals surface area contributed by atoms with Crippen LogP contribution in [0, 0.1) is 11.8 Å². The third-order valence-corrected chi connectivity index (χ3v) is 2.54. The van der Waals surface area contributed by atoms with E-state index in [1.54, 1.807) is 6.08 Å². The molecule has 1 N–H and O–H groups in total. The molecule has 0 aromatic rings. The van der Waals surface area contributed by atoms with Crippen LogP contribution < -0.4 is 0 Å². The highest BCUT2D eigenvalue weighted by Gasteiger charge is 2.39. The van der Waals surface area contributed by atoms with Crippen LogP contribution in [0.25, 0.3) is 0 Å². The van der Waals surface area contributed by atoms with Crippen molar-refractivity contribution in [3.05, 3.63) is 12.2 Å². The fourth-order valence-electron chi connectivity index (χ4n) is 1.87. The summed E-state index contributed by atoms with van der Waals surface area (Å²) in [4.78, 5) is 11.0. The van der Waals surface area contributed by atoms with Gasteiger partial charge in [0.05, 0.1) is 6.10 Å². The van der Waals surface area contributed by atoms with Crippen molar-refractivity contribution in [1.82, 2.24) is 0 Å². The Morgan fingerprint density at radius 1 is 1.50 bits per heavy atom. The minimum absolute atomic E-state index is 0.0741. The third-order valence-electron chi connectivity index (χ3n) is 2.54. The number of rotatable bonds is 0. The molecular weight excluding hydrogens is 128 g/mol. The monoisotopic (exact) mass is 138 g/mol. The second kappa shape index (κ2) is 1.92. The Hall–Kier alpha value is -0.630. The van der Waals surface area contributed by atoms with Crippen LogP contribution in [0.2, 0.25) is 0 Å². The van der Waals surface area contributed by atoms with Gasteiger partial charge in [0.15, 0.2) is 5.78 Å². The van der Waals surface area contributed by atoms with Gasteiger partial charge < -0.3 is 5.11 Å². The van der Waals surface area contributed by atoms with E-state index in [1.165, 1.54) is 0 Å². The second-order valence-electron chi connectivity index (χ2n) is 3.10. The van der Waals surface area contributed by atoms with Gasteiger partial charge in [-0.3, -0.25) is 4.79 Å². The van der Waals surface area contributed by atoms with Gasteiger partial charge in [-0.05, 0) is 18.9 Å². The van der Waals surface area contributed by atoms with Gasteiger partial charge in [0, 0.05) is 11.8 Å². The quantitative estimate of drug-likeness (QED) is 0.529. The number of ketones is 1. The predicted molar refractivity (Wildman–Crippen MR) is 36.4 cm³/mol. The number of hydrogen-bond acceptors (Lipinski definition) is 2. The van der Waals surface area contributed by atoms with E-state index in [0.717, 1.165) is 12.8 Å². The number of aliphatic hydroxyl groups is 1. The van der Waals surface area contributed by atoms with Crippen molar-refractivity contribution in [1.29, 1.82) is 0 Å². The number of fused-ring (bicyclic) bond motifs is 2. The molecule has 3 unspecified atom stereocenters. The molecular formula is C8H10O2. The van der Waals surface area contributed by atoms with Crippen molar-refractivity contribution in [3.63, 3.8) is 0 Å². The summed E-state index contributed by atoms with van der Waals surface area (Å²) >= 11 is 0. The Balaban J connectivity index is 2.33. The summed E-state index contributed by atoms with van der Waals surface area (Å²) in [5, 5.41) is 9.41. The number of carbonyl (C=O) groups excluding carboxylic acids is 1. The maximum Gasteiger partial charge on any atom is 0.161 e. The maximum absolute atomic E-state index is 11.0. The van der Waals surface area contributed by atoms with Gasteiger partial charge in [-0.25, -0.2) is 0 Å². The van der Waals surface area contributed by atoms with E-state index in [0.29, 0.717) is 0 Å². The first-order valence-electron chi connectivity index (χ1n) is 3.69. The van der Waals surface area contributed by atoms with Crippen LogP contribution in [0.3, 0.4) is 0 Å². The standard InChI is InChI=1S/C8H10O2/c9-7-4-2-5-1-3-6(7)8(5)10/h2,4-6,8,10H,1,3H2. The van der Waals surface area contributed by atoms with E-state index in [-0.39, 0.29) is 23.7 Å². The molecule has 0 aliphatic heterocycles. The average molecular weight is 138 g/mol. The van der Waals surface area contributed by atoms with Gasteiger partial charge >= 0.3 is 0 Å². The zero-order valence-corrected chi connectivity index (χ0v) is 5.66. The molecule has 2 nitrogen and oxygen atoms in total. The molecule has 54 valence electrons. The van der Waals surface area contributed by atoms with E-state index < -0.39 is 0 Å². The van der Waals surface area contributed by atoms with E-state index in [1.807, 2.05) is 6.08 Å². The predicted octanol–water partition coefficient (Wildman–Crippen LogP) is 0.512. The molecule has 0 spiro atoms. The number of hydrogen-bond donors (Lipinski definition) is 1. The number of allylic oxidation sites excluding steroid dienone is 1.